The van der Waals surface area contributed by atoms with Crippen molar-refractivity contribution in [2.24, 2.45) is 11.0 Å². The summed E-state index contributed by atoms with van der Waals surface area (Å²) in [5, 5.41) is 15.2. The number of aromatic carboxylic acids is 1. The van der Waals surface area contributed by atoms with Crippen LogP contribution in [0.4, 0.5) is 5.69 Å². The van der Waals surface area contributed by atoms with Crippen molar-refractivity contribution in [3.05, 3.63) is 52.4 Å². The number of nitrogens with zero attached hydrogens (tertiary/aromatic N) is 1. The van der Waals surface area contributed by atoms with Gasteiger partial charge in [-0.15, -0.1) is 0 Å². The third kappa shape index (κ3) is 3.14. The van der Waals surface area contributed by atoms with E-state index in [0.717, 1.165) is 12.2 Å². The molecule has 1 aliphatic carbocycles. The van der Waals surface area contributed by atoms with Gasteiger partial charge in [0.25, 0.3) is 0 Å². The second kappa shape index (κ2) is 5.85. The Morgan fingerprint density at radius 2 is 2.23 bits per heavy atom. The summed E-state index contributed by atoms with van der Waals surface area (Å²) in [4.78, 5) is 10.8. The largest absolute Gasteiger partial charge is 0.545 e. The van der Waals surface area contributed by atoms with Gasteiger partial charge in [0, 0.05) is 5.92 Å². The lowest BCUT2D eigenvalue weighted by molar-refractivity contribution is -0.255. The molecule has 1 heterocycles. The molecule has 1 saturated carbocycles. The van der Waals surface area contributed by atoms with Crippen LogP contribution in [0, 0.1) is 5.92 Å². The summed E-state index contributed by atoms with van der Waals surface area (Å²) in [5.74, 6) is 1.54. The first-order valence-corrected chi connectivity index (χ1v) is 7.32. The number of halogens is 1. The molecule has 2 atom stereocenters. The van der Waals surface area contributed by atoms with Crippen molar-refractivity contribution in [2.45, 2.75) is 19.3 Å². The number of anilines is 1. The fourth-order valence-electron chi connectivity index (χ4n) is 2.26. The first-order chi connectivity index (χ1) is 10.5. The predicted octanol–water partition coefficient (Wildman–Crippen LogP) is 2.87. The first kappa shape index (κ1) is 14.7. The third-order valence-electron chi connectivity index (χ3n) is 3.70. The molecule has 0 radical (unpaired) electrons. The van der Waals surface area contributed by atoms with E-state index in [1.165, 1.54) is 24.4 Å². The minimum atomic E-state index is -1.27. The summed E-state index contributed by atoms with van der Waals surface area (Å²) < 4.78 is 5.68. The highest BCUT2D eigenvalue weighted by Crippen LogP contribution is 2.47. The molecule has 1 aliphatic rings. The van der Waals surface area contributed by atoms with Gasteiger partial charge in [-0.3, -0.25) is 5.43 Å². The van der Waals surface area contributed by atoms with Crippen molar-refractivity contribution < 1.29 is 14.3 Å². The Labute approximate surface area is 132 Å². The van der Waals surface area contributed by atoms with Crippen LogP contribution < -0.4 is 10.5 Å². The third-order valence-corrected chi connectivity index (χ3v) is 4.03. The van der Waals surface area contributed by atoms with Gasteiger partial charge in [-0.1, -0.05) is 24.6 Å². The minimum absolute atomic E-state index is 0.0325. The van der Waals surface area contributed by atoms with Crippen molar-refractivity contribution in [3.63, 3.8) is 0 Å². The van der Waals surface area contributed by atoms with Crippen LogP contribution in [0.25, 0.3) is 0 Å². The van der Waals surface area contributed by atoms with E-state index < -0.39 is 5.97 Å². The molecule has 1 aromatic heterocycles. The maximum absolute atomic E-state index is 10.8. The monoisotopic (exact) mass is 317 g/mol. The van der Waals surface area contributed by atoms with Gasteiger partial charge < -0.3 is 14.3 Å². The number of hydrogen-bond donors (Lipinski definition) is 1. The van der Waals surface area contributed by atoms with Crippen LogP contribution in [0.1, 0.15) is 41.1 Å². The molecule has 6 heteroatoms. The normalized spacial score (nSPS) is 20.3. The number of carboxylic acid groups (broad SMARTS) is 1. The van der Waals surface area contributed by atoms with Gasteiger partial charge in [-0.25, -0.2) is 0 Å². The van der Waals surface area contributed by atoms with Gasteiger partial charge in [-0.05, 0) is 42.2 Å². The predicted molar refractivity (Wildman–Crippen MR) is 82.2 cm³/mol. The first-order valence-electron chi connectivity index (χ1n) is 6.94. The van der Waals surface area contributed by atoms with E-state index in [9.17, 15) is 9.90 Å². The van der Waals surface area contributed by atoms with Crippen molar-refractivity contribution in [2.75, 3.05) is 5.43 Å². The lowest BCUT2D eigenvalue weighted by Gasteiger charge is -2.07. The van der Waals surface area contributed by atoms with E-state index in [1.807, 2.05) is 12.1 Å². The maximum Gasteiger partial charge on any atom is 0.147 e. The number of hydrogen-bond acceptors (Lipinski definition) is 5. The molecule has 0 spiro atoms. The van der Waals surface area contributed by atoms with Crippen LogP contribution in [0.15, 0.2) is 39.9 Å². The maximum atomic E-state index is 10.8. The van der Waals surface area contributed by atoms with Crippen LogP contribution in [-0.4, -0.2) is 12.2 Å². The molecule has 0 aliphatic heterocycles. The Hall–Kier alpha value is -2.27. The van der Waals surface area contributed by atoms with Gasteiger partial charge in [0.15, 0.2) is 0 Å². The van der Waals surface area contributed by atoms with Gasteiger partial charge in [0.05, 0.1) is 22.9 Å². The Balaban J connectivity index is 1.68. The lowest BCUT2D eigenvalue weighted by Crippen LogP contribution is -2.22. The molecule has 2 aromatic rings. The summed E-state index contributed by atoms with van der Waals surface area (Å²) in [7, 11) is 0. The topological polar surface area (TPSA) is 77.7 Å². The van der Waals surface area contributed by atoms with Gasteiger partial charge >= 0.3 is 0 Å². The number of benzene rings is 1. The van der Waals surface area contributed by atoms with Gasteiger partial charge in [0.2, 0.25) is 0 Å². The Morgan fingerprint density at radius 3 is 2.91 bits per heavy atom. The van der Waals surface area contributed by atoms with Crippen LogP contribution >= 0.6 is 11.6 Å². The summed E-state index contributed by atoms with van der Waals surface area (Å²) in [5.41, 5.74) is 3.13. The van der Waals surface area contributed by atoms with Crippen molar-refractivity contribution in [1.29, 1.82) is 0 Å². The number of carbonyl (C=O) groups is 1. The molecular weight excluding hydrogens is 304 g/mol. The molecule has 1 aromatic carbocycles. The summed E-state index contributed by atoms with van der Waals surface area (Å²) >= 11 is 5.98. The second-order valence-corrected chi connectivity index (χ2v) is 5.82. The van der Waals surface area contributed by atoms with Crippen LogP contribution in [-0.2, 0) is 0 Å². The van der Waals surface area contributed by atoms with Crippen LogP contribution in [0.3, 0.4) is 0 Å². The average molecular weight is 318 g/mol. The van der Waals surface area contributed by atoms with E-state index in [4.69, 9.17) is 16.0 Å². The van der Waals surface area contributed by atoms with E-state index in [1.54, 1.807) is 0 Å². The van der Waals surface area contributed by atoms with Crippen molar-refractivity contribution in [1.82, 2.24) is 0 Å². The summed E-state index contributed by atoms with van der Waals surface area (Å²) in [6.07, 6.45) is 2.69. The summed E-state index contributed by atoms with van der Waals surface area (Å²) in [6, 6.07) is 8.03. The molecular formula is C16H14ClN2O3-. The molecule has 0 unspecified atom stereocenters. The lowest BCUT2D eigenvalue weighted by atomic mass is 10.2. The number of rotatable bonds is 5. The van der Waals surface area contributed by atoms with Gasteiger partial charge in [0.1, 0.15) is 11.5 Å². The number of carboxylic acids is 1. The molecule has 0 bridgehead atoms. The standard InChI is InChI=1S/C16H15ClN2O3/c1-9-6-12(9)15-5-3-11(22-15)8-18-19-14-7-10(16(20)21)2-4-13(14)17/h2-5,7-9,12,19H,6H2,1H3,(H,20,21)/p-1/b18-8-/t9-,12+/m1/s1. The Bertz CT molecular complexity index is 739. The zero-order valence-electron chi connectivity index (χ0n) is 11.9. The molecule has 0 saturated heterocycles. The molecule has 0 amide bonds. The highest BCUT2D eigenvalue weighted by atomic mass is 35.5. The zero-order chi connectivity index (χ0) is 15.7. The fourth-order valence-corrected chi connectivity index (χ4v) is 2.42. The van der Waals surface area contributed by atoms with Crippen molar-refractivity contribution in [3.8, 4) is 0 Å². The Morgan fingerprint density at radius 1 is 1.45 bits per heavy atom. The molecule has 3 rings (SSSR count). The summed E-state index contributed by atoms with van der Waals surface area (Å²) in [6.45, 7) is 2.19. The minimum Gasteiger partial charge on any atom is -0.545 e. The number of hydrazone groups is 1. The average Bonchev–Trinajstić information content (AvgIpc) is 3.03. The second-order valence-electron chi connectivity index (χ2n) is 5.41. The van der Waals surface area contributed by atoms with Crippen LogP contribution in [0.5, 0.6) is 0 Å². The quantitative estimate of drug-likeness (QED) is 0.679. The van der Waals surface area contributed by atoms with Crippen molar-refractivity contribution >= 4 is 29.5 Å². The highest BCUT2D eigenvalue weighted by molar-refractivity contribution is 6.33. The Kier molecular flexibility index (Phi) is 3.90. The smallest absolute Gasteiger partial charge is 0.147 e. The van der Waals surface area contributed by atoms with E-state index in [0.29, 0.717) is 28.3 Å². The molecule has 114 valence electrons. The number of furan rings is 1. The van der Waals surface area contributed by atoms with E-state index >= 15 is 0 Å². The molecule has 1 fully saturated rings. The van der Waals surface area contributed by atoms with E-state index in [2.05, 4.69) is 17.5 Å². The fraction of sp³-hybridized carbons (Fsp3) is 0.250. The van der Waals surface area contributed by atoms with Gasteiger partial charge in [-0.2, -0.15) is 5.10 Å². The molecule has 5 nitrogen and oxygen atoms in total. The SMILES string of the molecule is C[C@@H]1C[C@@H]1c1ccc(/C=N\Nc2cc(C(=O)[O-])ccc2Cl)o1. The highest BCUT2D eigenvalue weighted by Gasteiger charge is 2.36. The van der Waals surface area contributed by atoms with Crippen LogP contribution in [0.2, 0.25) is 5.02 Å². The molecule has 1 N–H and O–H groups in total. The number of carbonyl (C=O) groups excluding carboxylic acids is 1. The molecule has 22 heavy (non-hydrogen) atoms. The van der Waals surface area contributed by atoms with E-state index in [-0.39, 0.29) is 5.56 Å². The zero-order valence-corrected chi connectivity index (χ0v) is 12.6. The number of nitrogens with one attached hydrogen (secondary N) is 1.